The zero-order valence-corrected chi connectivity index (χ0v) is 17.6. The average Bonchev–Trinajstić information content (AvgIpc) is 2.49. The number of benzene rings is 1. The number of rotatable bonds is 4. The molecule has 23 heavy (non-hydrogen) atoms. The molecule has 1 saturated heterocycles. The molecular weight excluding hydrogens is 421 g/mol. The van der Waals surface area contributed by atoms with Crippen molar-refractivity contribution >= 4 is 41.7 Å². The van der Waals surface area contributed by atoms with Gasteiger partial charge in [-0.25, -0.2) is 0 Å². The number of methoxy groups -OCH3 is 1. The lowest BCUT2D eigenvalue weighted by Gasteiger charge is -2.39. The van der Waals surface area contributed by atoms with Crippen molar-refractivity contribution in [3.8, 4) is 0 Å². The van der Waals surface area contributed by atoms with Gasteiger partial charge in [-0.15, -0.1) is 24.0 Å². The molecule has 1 fully saturated rings. The summed E-state index contributed by atoms with van der Waals surface area (Å²) in [7, 11) is 3.59. The SMILES string of the molecule is CN=C(NCc1ccccc1COC)N1CCSC(C)(C)C1.I. The van der Waals surface area contributed by atoms with Crippen LogP contribution in [0.1, 0.15) is 25.0 Å². The van der Waals surface area contributed by atoms with Crippen LogP contribution in [0, 0.1) is 0 Å². The normalized spacial score (nSPS) is 17.6. The van der Waals surface area contributed by atoms with Crippen molar-refractivity contribution in [2.45, 2.75) is 31.7 Å². The van der Waals surface area contributed by atoms with E-state index in [1.54, 1.807) is 7.11 Å². The summed E-state index contributed by atoms with van der Waals surface area (Å²) in [6.07, 6.45) is 0. The fourth-order valence-electron chi connectivity index (χ4n) is 2.73. The maximum Gasteiger partial charge on any atom is 0.193 e. The Morgan fingerprint density at radius 3 is 2.65 bits per heavy atom. The summed E-state index contributed by atoms with van der Waals surface area (Å²) in [5.74, 6) is 2.13. The summed E-state index contributed by atoms with van der Waals surface area (Å²) in [6, 6.07) is 8.38. The van der Waals surface area contributed by atoms with Crippen LogP contribution >= 0.6 is 35.7 Å². The molecular formula is C17H28IN3OS. The van der Waals surface area contributed by atoms with Crippen molar-refractivity contribution < 1.29 is 4.74 Å². The summed E-state index contributed by atoms with van der Waals surface area (Å²) in [5.41, 5.74) is 2.48. The largest absolute Gasteiger partial charge is 0.380 e. The van der Waals surface area contributed by atoms with E-state index in [9.17, 15) is 0 Å². The number of nitrogens with one attached hydrogen (secondary N) is 1. The lowest BCUT2D eigenvalue weighted by Crippen LogP contribution is -2.50. The van der Waals surface area contributed by atoms with Gasteiger partial charge in [-0.05, 0) is 25.0 Å². The molecule has 1 aliphatic heterocycles. The van der Waals surface area contributed by atoms with E-state index in [4.69, 9.17) is 4.74 Å². The second kappa shape index (κ2) is 9.74. The fourth-order valence-corrected chi connectivity index (χ4v) is 3.84. The maximum atomic E-state index is 5.27. The molecule has 1 aliphatic rings. The number of nitrogens with zero attached hydrogens (tertiary/aromatic N) is 2. The molecule has 0 saturated carbocycles. The van der Waals surface area contributed by atoms with Crippen LogP contribution in [0.15, 0.2) is 29.3 Å². The third-order valence-corrected chi connectivity index (χ3v) is 5.09. The maximum absolute atomic E-state index is 5.27. The van der Waals surface area contributed by atoms with Gasteiger partial charge in [0.1, 0.15) is 0 Å². The minimum absolute atomic E-state index is 0. The number of thioether (sulfide) groups is 1. The van der Waals surface area contributed by atoms with E-state index < -0.39 is 0 Å². The third-order valence-electron chi connectivity index (χ3n) is 3.79. The minimum Gasteiger partial charge on any atom is -0.380 e. The summed E-state index contributed by atoms with van der Waals surface area (Å²) in [6.45, 7) is 8.08. The molecule has 0 spiro atoms. The van der Waals surface area contributed by atoms with Gasteiger partial charge in [-0.2, -0.15) is 11.8 Å². The van der Waals surface area contributed by atoms with E-state index in [0.29, 0.717) is 6.61 Å². The Kier molecular flexibility index (Phi) is 8.71. The number of ether oxygens (including phenoxy) is 1. The Morgan fingerprint density at radius 1 is 1.35 bits per heavy atom. The first-order chi connectivity index (χ1) is 10.6. The van der Waals surface area contributed by atoms with Crippen LogP contribution in [-0.2, 0) is 17.9 Å². The molecule has 1 N–H and O–H groups in total. The van der Waals surface area contributed by atoms with Gasteiger partial charge in [-0.3, -0.25) is 4.99 Å². The van der Waals surface area contributed by atoms with Crippen LogP contribution in [0.25, 0.3) is 0 Å². The van der Waals surface area contributed by atoms with Crippen molar-refractivity contribution in [2.75, 3.05) is 33.0 Å². The van der Waals surface area contributed by atoms with Gasteiger partial charge in [0.15, 0.2) is 5.96 Å². The molecule has 0 bridgehead atoms. The number of aliphatic imine (C=N–C) groups is 1. The molecule has 0 radical (unpaired) electrons. The first kappa shape index (κ1) is 20.6. The van der Waals surface area contributed by atoms with Gasteiger partial charge in [0.05, 0.1) is 6.61 Å². The van der Waals surface area contributed by atoms with E-state index in [0.717, 1.165) is 31.3 Å². The zero-order valence-electron chi connectivity index (χ0n) is 14.5. The average molecular weight is 449 g/mol. The van der Waals surface area contributed by atoms with Gasteiger partial charge in [0.25, 0.3) is 0 Å². The third kappa shape index (κ3) is 6.15. The molecule has 1 heterocycles. The Morgan fingerprint density at radius 2 is 2.04 bits per heavy atom. The van der Waals surface area contributed by atoms with E-state index in [-0.39, 0.29) is 28.7 Å². The number of hydrogen-bond donors (Lipinski definition) is 1. The van der Waals surface area contributed by atoms with Crippen molar-refractivity contribution in [3.63, 3.8) is 0 Å². The molecule has 0 atom stereocenters. The molecule has 130 valence electrons. The zero-order chi connectivity index (χ0) is 16.0. The van der Waals surface area contributed by atoms with Crippen molar-refractivity contribution in [1.82, 2.24) is 10.2 Å². The molecule has 0 aliphatic carbocycles. The second-order valence-electron chi connectivity index (χ2n) is 6.13. The summed E-state index contributed by atoms with van der Waals surface area (Å²) in [4.78, 5) is 6.82. The number of halogens is 1. The van der Waals surface area contributed by atoms with Gasteiger partial charge in [0.2, 0.25) is 0 Å². The molecule has 0 unspecified atom stereocenters. The highest BCUT2D eigenvalue weighted by molar-refractivity contribution is 14.0. The van der Waals surface area contributed by atoms with Crippen LogP contribution in [0.4, 0.5) is 0 Å². The Balaban J connectivity index is 0.00000264. The second-order valence-corrected chi connectivity index (χ2v) is 7.93. The first-order valence-electron chi connectivity index (χ1n) is 7.71. The standard InChI is InChI=1S/C17H27N3OS.HI/c1-17(2)13-20(9-10-22-17)16(18-3)19-11-14-7-5-6-8-15(14)12-21-4;/h5-8H,9-13H2,1-4H3,(H,18,19);1H. The van der Waals surface area contributed by atoms with Crippen molar-refractivity contribution in [1.29, 1.82) is 0 Å². The number of guanidine groups is 1. The topological polar surface area (TPSA) is 36.9 Å². The van der Waals surface area contributed by atoms with Gasteiger partial charge in [-0.1, -0.05) is 24.3 Å². The summed E-state index contributed by atoms with van der Waals surface area (Å²) >= 11 is 2.03. The fraction of sp³-hybridized carbons (Fsp3) is 0.588. The Labute approximate surface area is 161 Å². The van der Waals surface area contributed by atoms with Gasteiger partial charge in [0, 0.05) is 44.3 Å². The highest BCUT2D eigenvalue weighted by Gasteiger charge is 2.28. The van der Waals surface area contributed by atoms with Crippen LogP contribution in [0.2, 0.25) is 0 Å². The molecule has 4 nitrogen and oxygen atoms in total. The van der Waals surface area contributed by atoms with Gasteiger partial charge >= 0.3 is 0 Å². The molecule has 1 aromatic rings. The summed E-state index contributed by atoms with van der Waals surface area (Å²) in [5, 5.41) is 3.50. The van der Waals surface area contributed by atoms with Gasteiger partial charge < -0.3 is 15.0 Å². The molecule has 2 rings (SSSR count). The lowest BCUT2D eigenvalue weighted by atomic mass is 10.1. The quantitative estimate of drug-likeness (QED) is 0.435. The first-order valence-corrected chi connectivity index (χ1v) is 8.69. The monoisotopic (exact) mass is 449 g/mol. The van der Waals surface area contributed by atoms with E-state index in [2.05, 4.69) is 53.3 Å². The predicted molar refractivity (Wildman–Crippen MR) is 111 cm³/mol. The van der Waals surface area contributed by atoms with Crippen molar-refractivity contribution in [2.24, 2.45) is 4.99 Å². The highest BCUT2D eigenvalue weighted by atomic mass is 127. The van der Waals surface area contributed by atoms with E-state index in [1.165, 1.54) is 11.1 Å². The van der Waals surface area contributed by atoms with E-state index in [1.807, 2.05) is 18.8 Å². The molecule has 0 amide bonds. The summed E-state index contributed by atoms with van der Waals surface area (Å²) < 4.78 is 5.56. The Hall–Kier alpha value is -0.470. The predicted octanol–water partition coefficient (Wildman–Crippen LogP) is 3.35. The smallest absolute Gasteiger partial charge is 0.193 e. The minimum atomic E-state index is 0. The van der Waals surface area contributed by atoms with Crippen LogP contribution in [0.5, 0.6) is 0 Å². The lowest BCUT2D eigenvalue weighted by molar-refractivity contribution is 0.184. The van der Waals surface area contributed by atoms with Crippen molar-refractivity contribution in [3.05, 3.63) is 35.4 Å². The Bertz CT molecular complexity index is 522. The van der Waals surface area contributed by atoms with Crippen LogP contribution in [-0.4, -0.2) is 48.6 Å². The molecule has 6 heteroatoms. The highest BCUT2D eigenvalue weighted by Crippen LogP contribution is 2.29. The van der Waals surface area contributed by atoms with Crippen LogP contribution < -0.4 is 5.32 Å². The van der Waals surface area contributed by atoms with E-state index >= 15 is 0 Å². The molecule has 1 aromatic carbocycles. The molecule has 0 aromatic heterocycles. The van der Waals surface area contributed by atoms with Crippen LogP contribution in [0.3, 0.4) is 0 Å². The number of hydrogen-bond acceptors (Lipinski definition) is 3.